The summed E-state index contributed by atoms with van der Waals surface area (Å²) in [6, 6.07) is 2.69. The van der Waals surface area contributed by atoms with Crippen molar-refractivity contribution in [3.63, 3.8) is 0 Å². The van der Waals surface area contributed by atoms with Crippen LogP contribution in [0.5, 0.6) is 0 Å². The Hall–Kier alpha value is -2.02. The number of nitro groups is 1. The largest absolute Gasteiger partial charge is 0.460 e. The highest BCUT2D eigenvalue weighted by atomic mass is 19.1. The van der Waals surface area contributed by atoms with Crippen LogP contribution >= 0.6 is 0 Å². The fourth-order valence-electron chi connectivity index (χ4n) is 1.28. The van der Waals surface area contributed by atoms with Gasteiger partial charge in [-0.1, -0.05) is 0 Å². The second kappa shape index (κ2) is 6.79. The van der Waals surface area contributed by atoms with E-state index in [9.17, 15) is 19.3 Å². The van der Waals surface area contributed by atoms with Gasteiger partial charge in [-0.15, -0.1) is 0 Å². The first-order chi connectivity index (χ1) is 8.91. The molecule has 1 aromatic carbocycles. The fraction of sp³-hybridized carbons (Fsp3) is 0.417. The molecule has 0 unspecified atom stereocenters. The van der Waals surface area contributed by atoms with Crippen molar-refractivity contribution in [2.75, 3.05) is 13.2 Å². The number of benzene rings is 1. The second-order valence-corrected chi connectivity index (χ2v) is 3.98. The normalized spacial score (nSPS) is 10.5. The van der Waals surface area contributed by atoms with Crippen molar-refractivity contribution in [1.29, 1.82) is 0 Å². The molecule has 0 aliphatic carbocycles. The minimum absolute atomic E-state index is 0.00625. The minimum Gasteiger partial charge on any atom is -0.460 e. The molecule has 0 aliphatic heterocycles. The van der Waals surface area contributed by atoms with E-state index in [1.807, 2.05) is 13.8 Å². The molecule has 0 bridgehead atoms. The summed E-state index contributed by atoms with van der Waals surface area (Å²) in [6.07, 6.45) is -0.00625. The molecule has 1 rings (SSSR count). The van der Waals surface area contributed by atoms with E-state index < -0.39 is 22.3 Å². The van der Waals surface area contributed by atoms with Crippen LogP contribution in [0.4, 0.5) is 10.1 Å². The molecular weight excluding hydrogens is 257 g/mol. The van der Waals surface area contributed by atoms with Gasteiger partial charge in [-0.3, -0.25) is 10.1 Å². The van der Waals surface area contributed by atoms with Gasteiger partial charge in [0.1, 0.15) is 18.0 Å². The quantitative estimate of drug-likeness (QED) is 0.343. The third-order valence-corrected chi connectivity index (χ3v) is 2.15. The maximum atomic E-state index is 13.4. The predicted octanol–water partition coefficient (Wildman–Crippen LogP) is 2.32. The number of halogens is 1. The van der Waals surface area contributed by atoms with Crippen molar-refractivity contribution in [2.45, 2.75) is 20.0 Å². The Kier molecular flexibility index (Phi) is 5.37. The van der Waals surface area contributed by atoms with Gasteiger partial charge < -0.3 is 9.47 Å². The number of esters is 1. The Labute approximate surface area is 109 Å². The highest BCUT2D eigenvalue weighted by molar-refractivity contribution is 5.90. The lowest BCUT2D eigenvalue weighted by Crippen LogP contribution is -2.14. The lowest BCUT2D eigenvalue weighted by Gasteiger charge is -2.08. The summed E-state index contributed by atoms with van der Waals surface area (Å²) in [5.74, 6) is -1.81. The maximum absolute atomic E-state index is 13.4. The van der Waals surface area contributed by atoms with Gasteiger partial charge in [-0.25, -0.2) is 9.18 Å². The predicted molar refractivity (Wildman–Crippen MR) is 64.4 cm³/mol. The number of hydrogen-bond acceptors (Lipinski definition) is 5. The minimum atomic E-state index is -0.950. The Morgan fingerprint density at radius 1 is 1.42 bits per heavy atom. The number of nitrogens with zero attached hydrogens (tertiary/aromatic N) is 1. The highest BCUT2D eigenvalue weighted by Gasteiger charge is 2.18. The molecule has 0 saturated heterocycles. The number of hydrogen-bond donors (Lipinski definition) is 0. The SMILES string of the molecule is CC(C)OCCOC(=O)c1cc([N+](=O)[O-])ccc1F. The third-order valence-electron chi connectivity index (χ3n) is 2.15. The Balaban J connectivity index is 2.66. The van der Waals surface area contributed by atoms with Crippen LogP contribution in [0.1, 0.15) is 24.2 Å². The number of ether oxygens (including phenoxy) is 2. The summed E-state index contributed by atoms with van der Waals surface area (Å²) in [4.78, 5) is 21.4. The van der Waals surface area contributed by atoms with Crippen LogP contribution in [-0.2, 0) is 9.47 Å². The fourth-order valence-corrected chi connectivity index (χ4v) is 1.28. The van der Waals surface area contributed by atoms with E-state index in [0.29, 0.717) is 0 Å². The first-order valence-corrected chi connectivity index (χ1v) is 5.64. The molecule has 19 heavy (non-hydrogen) atoms. The van der Waals surface area contributed by atoms with Gasteiger partial charge in [-0.2, -0.15) is 0 Å². The zero-order valence-corrected chi connectivity index (χ0v) is 10.6. The van der Waals surface area contributed by atoms with Gasteiger partial charge in [0.15, 0.2) is 0 Å². The van der Waals surface area contributed by atoms with Crippen molar-refractivity contribution in [2.24, 2.45) is 0 Å². The molecule has 1 aromatic rings. The smallest absolute Gasteiger partial charge is 0.341 e. The molecule has 0 amide bonds. The lowest BCUT2D eigenvalue weighted by molar-refractivity contribution is -0.384. The zero-order chi connectivity index (χ0) is 14.4. The van der Waals surface area contributed by atoms with E-state index in [2.05, 4.69) is 0 Å². The Bertz CT molecular complexity index is 475. The van der Waals surface area contributed by atoms with Crippen LogP contribution in [0.2, 0.25) is 0 Å². The molecule has 0 aliphatic rings. The van der Waals surface area contributed by atoms with Crippen LogP contribution in [0.3, 0.4) is 0 Å². The average Bonchev–Trinajstić information content (AvgIpc) is 2.34. The van der Waals surface area contributed by atoms with E-state index in [1.54, 1.807) is 0 Å². The molecule has 0 atom stereocenters. The van der Waals surface area contributed by atoms with Gasteiger partial charge in [0.2, 0.25) is 0 Å². The number of carbonyl (C=O) groups excluding carboxylic acids is 1. The summed E-state index contributed by atoms with van der Waals surface area (Å²) in [6.45, 7) is 3.78. The van der Waals surface area contributed by atoms with Gasteiger partial charge in [-0.05, 0) is 19.9 Å². The molecule has 0 N–H and O–H groups in total. The van der Waals surface area contributed by atoms with Gasteiger partial charge in [0.25, 0.3) is 5.69 Å². The average molecular weight is 271 g/mol. The summed E-state index contributed by atoms with van der Waals surface area (Å²) < 4.78 is 23.3. The molecular formula is C12H14FNO5. The van der Waals surface area contributed by atoms with Crippen LogP contribution in [0, 0.1) is 15.9 Å². The van der Waals surface area contributed by atoms with E-state index in [0.717, 1.165) is 18.2 Å². The van der Waals surface area contributed by atoms with Crippen molar-refractivity contribution in [3.8, 4) is 0 Å². The lowest BCUT2D eigenvalue weighted by atomic mass is 10.2. The first kappa shape index (κ1) is 15.0. The standard InChI is InChI=1S/C12H14FNO5/c1-8(2)18-5-6-19-12(15)10-7-9(14(16)17)3-4-11(10)13/h3-4,7-8H,5-6H2,1-2H3. The van der Waals surface area contributed by atoms with E-state index >= 15 is 0 Å². The molecule has 0 spiro atoms. The van der Waals surface area contributed by atoms with Crippen molar-refractivity contribution < 1.29 is 23.6 Å². The van der Waals surface area contributed by atoms with Gasteiger partial charge >= 0.3 is 5.97 Å². The number of rotatable bonds is 6. The number of non-ortho nitro benzene ring substituents is 1. The van der Waals surface area contributed by atoms with Crippen molar-refractivity contribution in [1.82, 2.24) is 0 Å². The van der Waals surface area contributed by atoms with Crippen molar-refractivity contribution in [3.05, 3.63) is 39.7 Å². The summed E-state index contributed by atoms with van der Waals surface area (Å²) in [5.41, 5.74) is -0.828. The molecule has 0 radical (unpaired) electrons. The number of carbonyl (C=O) groups is 1. The van der Waals surface area contributed by atoms with E-state index in [-0.39, 0.29) is 25.0 Å². The van der Waals surface area contributed by atoms with Gasteiger partial charge in [0, 0.05) is 12.1 Å². The third kappa shape index (κ3) is 4.63. The monoisotopic (exact) mass is 271 g/mol. The summed E-state index contributed by atoms with van der Waals surface area (Å²) >= 11 is 0. The highest BCUT2D eigenvalue weighted by Crippen LogP contribution is 2.17. The summed E-state index contributed by atoms with van der Waals surface area (Å²) in [7, 11) is 0. The molecule has 0 aromatic heterocycles. The van der Waals surface area contributed by atoms with Crippen LogP contribution in [0.25, 0.3) is 0 Å². The van der Waals surface area contributed by atoms with Crippen molar-refractivity contribution >= 4 is 11.7 Å². The molecule has 7 heteroatoms. The van der Waals surface area contributed by atoms with Crippen LogP contribution < -0.4 is 0 Å². The molecule has 0 saturated carbocycles. The second-order valence-electron chi connectivity index (χ2n) is 3.98. The topological polar surface area (TPSA) is 78.7 Å². The molecule has 0 fully saturated rings. The van der Waals surface area contributed by atoms with E-state index in [1.165, 1.54) is 0 Å². The van der Waals surface area contributed by atoms with Crippen LogP contribution in [-0.4, -0.2) is 30.2 Å². The number of nitro benzene ring substituents is 1. The molecule has 0 heterocycles. The summed E-state index contributed by atoms with van der Waals surface area (Å²) in [5, 5.41) is 10.5. The van der Waals surface area contributed by atoms with Gasteiger partial charge in [0.05, 0.1) is 17.6 Å². The Morgan fingerprint density at radius 2 is 2.11 bits per heavy atom. The first-order valence-electron chi connectivity index (χ1n) is 5.64. The van der Waals surface area contributed by atoms with E-state index in [4.69, 9.17) is 9.47 Å². The molecule has 104 valence electrons. The zero-order valence-electron chi connectivity index (χ0n) is 10.6. The van der Waals surface area contributed by atoms with Crippen LogP contribution in [0.15, 0.2) is 18.2 Å². The maximum Gasteiger partial charge on any atom is 0.341 e. The molecule has 6 nitrogen and oxygen atoms in total. The Morgan fingerprint density at radius 3 is 2.68 bits per heavy atom.